The van der Waals surface area contributed by atoms with Crippen LogP contribution in [0.25, 0.3) is 0 Å². The molecule has 0 bridgehead atoms. The van der Waals surface area contributed by atoms with Crippen molar-refractivity contribution < 1.29 is 14.7 Å². The number of carbonyl (C=O) groups is 2. The third kappa shape index (κ3) is 4.71. The lowest BCUT2D eigenvalue weighted by Crippen LogP contribution is -2.36. The molecule has 0 spiro atoms. The Balaban J connectivity index is 2.69. The highest BCUT2D eigenvalue weighted by molar-refractivity contribution is 5.95. The second-order valence-corrected chi connectivity index (χ2v) is 4.77. The predicted octanol–water partition coefficient (Wildman–Crippen LogP) is 1.94. The van der Waals surface area contributed by atoms with Crippen molar-refractivity contribution in [3.8, 4) is 0 Å². The van der Waals surface area contributed by atoms with Crippen LogP contribution < -0.4 is 11.1 Å². The fourth-order valence-electron chi connectivity index (χ4n) is 1.75. The van der Waals surface area contributed by atoms with Gasteiger partial charge in [0.25, 0.3) is 0 Å². The summed E-state index contributed by atoms with van der Waals surface area (Å²) >= 11 is 0. The Hall–Kier alpha value is -1.88. The van der Waals surface area contributed by atoms with Crippen molar-refractivity contribution in [3.05, 3.63) is 29.8 Å². The van der Waals surface area contributed by atoms with Gasteiger partial charge < -0.3 is 16.2 Å². The average Bonchev–Trinajstić information content (AvgIpc) is 2.36. The van der Waals surface area contributed by atoms with Crippen LogP contribution in [0, 0.1) is 0 Å². The Morgan fingerprint density at radius 2 is 1.95 bits per heavy atom. The highest BCUT2D eigenvalue weighted by atomic mass is 16.4. The molecule has 4 N–H and O–H groups in total. The Bertz CT molecular complexity index is 458. The molecule has 0 saturated heterocycles. The first-order valence-corrected chi connectivity index (χ1v) is 6.29. The number of rotatable bonds is 6. The van der Waals surface area contributed by atoms with Gasteiger partial charge in [0.1, 0.15) is 0 Å². The first kappa shape index (κ1) is 15.2. The summed E-state index contributed by atoms with van der Waals surface area (Å²) in [5.74, 6) is -1.02. The van der Waals surface area contributed by atoms with Gasteiger partial charge in [-0.3, -0.25) is 9.59 Å². The second kappa shape index (κ2) is 6.89. The topological polar surface area (TPSA) is 92.4 Å². The summed E-state index contributed by atoms with van der Waals surface area (Å²) in [5.41, 5.74) is 7.42. The van der Waals surface area contributed by atoms with Crippen molar-refractivity contribution in [2.45, 2.75) is 38.6 Å². The molecule has 19 heavy (non-hydrogen) atoms. The van der Waals surface area contributed by atoms with E-state index in [1.807, 2.05) is 38.1 Å². The number of hydrogen-bond donors (Lipinski definition) is 3. The van der Waals surface area contributed by atoms with Gasteiger partial charge in [-0.05, 0) is 24.0 Å². The van der Waals surface area contributed by atoms with Crippen molar-refractivity contribution in [1.29, 1.82) is 0 Å². The lowest BCUT2D eigenvalue weighted by molar-refractivity contribution is -0.137. The van der Waals surface area contributed by atoms with E-state index < -0.39 is 12.0 Å². The molecule has 5 heteroatoms. The molecule has 0 aliphatic heterocycles. The van der Waals surface area contributed by atoms with Gasteiger partial charge in [0.05, 0.1) is 6.04 Å². The van der Waals surface area contributed by atoms with Crippen LogP contribution in [0.5, 0.6) is 0 Å². The van der Waals surface area contributed by atoms with Crippen molar-refractivity contribution in [1.82, 2.24) is 0 Å². The Morgan fingerprint density at radius 3 is 2.53 bits per heavy atom. The quantitative estimate of drug-likeness (QED) is 0.732. The number of para-hydroxylation sites is 1. The standard InChI is InChI=1S/C14H20N2O3/c1-9(2)10-5-3-4-6-12(10)16-14(19)11(15)7-8-13(17)18/h3-6,9,11H,7-8,15H2,1-2H3,(H,16,19)(H,17,18). The minimum Gasteiger partial charge on any atom is -0.481 e. The van der Waals surface area contributed by atoms with Gasteiger partial charge >= 0.3 is 5.97 Å². The van der Waals surface area contributed by atoms with Crippen molar-refractivity contribution in [2.24, 2.45) is 5.73 Å². The smallest absolute Gasteiger partial charge is 0.303 e. The normalized spacial score (nSPS) is 12.2. The van der Waals surface area contributed by atoms with Crippen molar-refractivity contribution in [2.75, 3.05) is 5.32 Å². The molecular weight excluding hydrogens is 244 g/mol. The SMILES string of the molecule is CC(C)c1ccccc1NC(=O)C(N)CCC(=O)O. The fourth-order valence-corrected chi connectivity index (χ4v) is 1.75. The van der Waals surface area contributed by atoms with Crippen LogP contribution in [0.2, 0.25) is 0 Å². The minimum atomic E-state index is -0.953. The zero-order chi connectivity index (χ0) is 14.4. The van der Waals surface area contributed by atoms with Gasteiger partial charge in [0, 0.05) is 12.1 Å². The molecule has 1 aromatic carbocycles. The Morgan fingerprint density at radius 1 is 1.32 bits per heavy atom. The number of benzene rings is 1. The Labute approximate surface area is 112 Å². The van der Waals surface area contributed by atoms with Gasteiger partial charge in [-0.15, -0.1) is 0 Å². The lowest BCUT2D eigenvalue weighted by Gasteiger charge is -2.16. The summed E-state index contributed by atoms with van der Waals surface area (Å²) in [6.45, 7) is 4.07. The third-order valence-electron chi connectivity index (χ3n) is 2.85. The number of anilines is 1. The van der Waals surface area contributed by atoms with Crippen molar-refractivity contribution >= 4 is 17.6 Å². The third-order valence-corrected chi connectivity index (χ3v) is 2.85. The molecule has 0 aliphatic rings. The van der Waals surface area contributed by atoms with E-state index in [-0.39, 0.29) is 24.7 Å². The van der Waals surface area contributed by atoms with E-state index in [0.717, 1.165) is 11.3 Å². The lowest BCUT2D eigenvalue weighted by atomic mass is 10.0. The molecule has 0 aliphatic carbocycles. The molecule has 0 saturated carbocycles. The molecule has 0 aromatic heterocycles. The maximum Gasteiger partial charge on any atom is 0.303 e. The van der Waals surface area contributed by atoms with Crippen LogP contribution in [0.1, 0.15) is 38.2 Å². The van der Waals surface area contributed by atoms with Gasteiger partial charge in [-0.1, -0.05) is 32.0 Å². The molecule has 1 rings (SSSR count). The van der Waals surface area contributed by atoms with E-state index in [4.69, 9.17) is 10.8 Å². The number of hydrogen-bond acceptors (Lipinski definition) is 3. The monoisotopic (exact) mass is 264 g/mol. The first-order valence-electron chi connectivity index (χ1n) is 6.29. The minimum absolute atomic E-state index is 0.111. The molecule has 5 nitrogen and oxygen atoms in total. The van der Waals surface area contributed by atoms with Gasteiger partial charge in [-0.25, -0.2) is 0 Å². The number of carboxylic acid groups (broad SMARTS) is 1. The largest absolute Gasteiger partial charge is 0.481 e. The van der Waals surface area contributed by atoms with Crippen LogP contribution in [-0.4, -0.2) is 23.0 Å². The number of nitrogens with one attached hydrogen (secondary N) is 1. The molecule has 1 aromatic rings. The van der Waals surface area contributed by atoms with E-state index >= 15 is 0 Å². The maximum absolute atomic E-state index is 11.9. The fraction of sp³-hybridized carbons (Fsp3) is 0.429. The summed E-state index contributed by atoms with van der Waals surface area (Å²) in [6.07, 6.45) is 0.0193. The zero-order valence-corrected chi connectivity index (χ0v) is 11.2. The van der Waals surface area contributed by atoms with Gasteiger partial charge in [-0.2, -0.15) is 0 Å². The van der Waals surface area contributed by atoms with Crippen molar-refractivity contribution in [3.63, 3.8) is 0 Å². The van der Waals surface area contributed by atoms with Crippen LogP contribution in [0.15, 0.2) is 24.3 Å². The zero-order valence-electron chi connectivity index (χ0n) is 11.2. The molecule has 1 unspecified atom stereocenters. The van der Waals surface area contributed by atoms with Crippen LogP contribution in [0.3, 0.4) is 0 Å². The maximum atomic E-state index is 11.9. The molecule has 0 radical (unpaired) electrons. The molecule has 0 fully saturated rings. The summed E-state index contributed by atoms with van der Waals surface area (Å²) in [6, 6.07) is 6.70. The molecule has 1 amide bonds. The summed E-state index contributed by atoms with van der Waals surface area (Å²) in [7, 11) is 0. The number of aliphatic carboxylic acids is 1. The Kier molecular flexibility index (Phi) is 5.51. The highest BCUT2D eigenvalue weighted by Crippen LogP contribution is 2.23. The average molecular weight is 264 g/mol. The number of nitrogens with two attached hydrogens (primary N) is 1. The van der Waals surface area contributed by atoms with E-state index in [1.54, 1.807) is 0 Å². The van der Waals surface area contributed by atoms with Crippen LogP contribution in [0.4, 0.5) is 5.69 Å². The van der Waals surface area contributed by atoms with Gasteiger partial charge in [0.2, 0.25) is 5.91 Å². The summed E-state index contributed by atoms with van der Waals surface area (Å²) in [5, 5.41) is 11.3. The molecule has 104 valence electrons. The summed E-state index contributed by atoms with van der Waals surface area (Å²) in [4.78, 5) is 22.3. The van der Waals surface area contributed by atoms with Crippen LogP contribution >= 0.6 is 0 Å². The first-order chi connectivity index (χ1) is 8.91. The van der Waals surface area contributed by atoms with E-state index in [2.05, 4.69) is 5.32 Å². The molecule has 1 atom stereocenters. The van der Waals surface area contributed by atoms with E-state index in [9.17, 15) is 9.59 Å². The number of carbonyl (C=O) groups excluding carboxylic acids is 1. The second-order valence-electron chi connectivity index (χ2n) is 4.77. The molecular formula is C14H20N2O3. The predicted molar refractivity (Wildman–Crippen MR) is 74.0 cm³/mol. The number of amides is 1. The van der Waals surface area contributed by atoms with E-state index in [1.165, 1.54) is 0 Å². The highest BCUT2D eigenvalue weighted by Gasteiger charge is 2.16. The van der Waals surface area contributed by atoms with Gasteiger partial charge in [0.15, 0.2) is 0 Å². The molecule has 0 heterocycles. The number of carboxylic acids is 1. The van der Waals surface area contributed by atoms with E-state index in [0.29, 0.717) is 0 Å². The summed E-state index contributed by atoms with van der Waals surface area (Å²) < 4.78 is 0. The van der Waals surface area contributed by atoms with Crippen LogP contribution in [-0.2, 0) is 9.59 Å².